The lowest BCUT2D eigenvalue weighted by atomic mass is 9.72. The van der Waals surface area contributed by atoms with Crippen LogP contribution in [0.1, 0.15) is 83.5 Å². The zero-order chi connectivity index (χ0) is 28.2. The summed E-state index contributed by atoms with van der Waals surface area (Å²) in [6, 6.07) is 10.2. The molecule has 1 saturated carbocycles. The van der Waals surface area contributed by atoms with E-state index in [4.69, 9.17) is 4.74 Å². The number of hydrogen-bond acceptors (Lipinski definition) is 5. The highest BCUT2D eigenvalue weighted by Gasteiger charge is 2.42. The van der Waals surface area contributed by atoms with Gasteiger partial charge in [0, 0.05) is 43.3 Å². The third-order valence-electron chi connectivity index (χ3n) is 8.86. The van der Waals surface area contributed by atoms with Gasteiger partial charge in [0.1, 0.15) is 12.2 Å². The zero-order valence-electron chi connectivity index (χ0n) is 23.0. The highest BCUT2D eigenvalue weighted by atomic mass is 19.4. The molecule has 2 unspecified atom stereocenters. The average molecular weight is 554 g/mol. The van der Waals surface area contributed by atoms with Crippen LogP contribution in [0.2, 0.25) is 0 Å². The van der Waals surface area contributed by atoms with Gasteiger partial charge < -0.3 is 14.2 Å². The molecular weight excluding hydrogens is 519 g/mol. The van der Waals surface area contributed by atoms with Gasteiger partial charge in [0.05, 0.1) is 24.8 Å². The molecule has 40 heavy (non-hydrogen) atoms. The number of carbonyl (C=O) groups is 1. The van der Waals surface area contributed by atoms with Crippen molar-refractivity contribution in [3.63, 3.8) is 0 Å². The molecule has 3 heterocycles. The number of ether oxygens (including phenoxy) is 1. The minimum atomic E-state index is -4.57. The summed E-state index contributed by atoms with van der Waals surface area (Å²) < 4.78 is 50.6. The maximum atomic E-state index is 14.4. The predicted molar refractivity (Wildman–Crippen MR) is 144 cm³/mol. The molecule has 10 heteroatoms. The van der Waals surface area contributed by atoms with Crippen LogP contribution in [-0.2, 0) is 24.5 Å². The number of fused-ring (bicyclic) bond motifs is 1. The van der Waals surface area contributed by atoms with E-state index in [0.717, 1.165) is 30.7 Å². The van der Waals surface area contributed by atoms with Crippen LogP contribution in [0.15, 0.2) is 42.7 Å². The summed E-state index contributed by atoms with van der Waals surface area (Å²) in [6.45, 7) is 5.52. The van der Waals surface area contributed by atoms with Crippen LogP contribution in [0.5, 0.6) is 0 Å². The van der Waals surface area contributed by atoms with Gasteiger partial charge in [-0.05, 0) is 73.6 Å². The number of morpholine rings is 1. The Kier molecular flexibility index (Phi) is 6.94. The summed E-state index contributed by atoms with van der Waals surface area (Å²) in [6.07, 6.45) is 0.420. The molecule has 0 bridgehead atoms. The second-order valence-corrected chi connectivity index (χ2v) is 11.4. The first kappa shape index (κ1) is 27.0. The Hall–Kier alpha value is -3.24. The van der Waals surface area contributed by atoms with Crippen molar-refractivity contribution < 1.29 is 22.7 Å². The van der Waals surface area contributed by atoms with Crippen LogP contribution in [0.25, 0.3) is 0 Å². The van der Waals surface area contributed by atoms with Crippen LogP contribution in [0.4, 0.5) is 18.9 Å². The monoisotopic (exact) mass is 553 g/mol. The molecule has 1 saturated heterocycles. The quantitative estimate of drug-likeness (QED) is 0.392. The van der Waals surface area contributed by atoms with Crippen molar-refractivity contribution in [2.45, 2.75) is 63.9 Å². The van der Waals surface area contributed by atoms with Crippen molar-refractivity contribution in [1.82, 2.24) is 19.7 Å². The lowest BCUT2D eigenvalue weighted by Gasteiger charge is -2.36. The Morgan fingerprint density at radius 3 is 2.58 bits per heavy atom. The van der Waals surface area contributed by atoms with Gasteiger partial charge in [-0.15, -0.1) is 10.2 Å². The lowest BCUT2D eigenvalue weighted by molar-refractivity contribution is -0.138. The molecule has 1 aromatic heterocycles. The number of rotatable bonds is 6. The molecule has 3 atom stereocenters. The van der Waals surface area contributed by atoms with Gasteiger partial charge in [-0.2, -0.15) is 13.2 Å². The Morgan fingerprint density at radius 1 is 1.12 bits per heavy atom. The van der Waals surface area contributed by atoms with Gasteiger partial charge in [0.25, 0.3) is 5.91 Å². The average Bonchev–Trinajstić information content (AvgIpc) is 3.47. The first-order valence-corrected chi connectivity index (χ1v) is 14.0. The Bertz CT molecular complexity index is 1420. The molecule has 2 fully saturated rings. The van der Waals surface area contributed by atoms with Crippen LogP contribution < -0.4 is 4.90 Å². The number of carbonyl (C=O) groups excluding carboxylic acids is 1. The highest BCUT2D eigenvalue weighted by molar-refractivity contribution is 6.10. The van der Waals surface area contributed by atoms with Gasteiger partial charge in [0.15, 0.2) is 0 Å². The predicted octanol–water partition coefficient (Wildman–Crippen LogP) is 5.71. The minimum Gasteiger partial charge on any atom is -0.376 e. The molecule has 3 aromatic rings. The minimum absolute atomic E-state index is 0.00224. The smallest absolute Gasteiger partial charge is 0.376 e. The second kappa shape index (κ2) is 10.3. The molecule has 1 amide bonds. The maximum Gasteiger partial charge on any atom is 0.416 e. The number of benzene rings is 2. The molecule has 0 radical (unpaired) electrons. The molecule has 7 nitrogen and oxygen atoms in total. The van der Waals surface area contributed by atoms with E-state index in [1.807, 2.05) is 43.7 Å². The summed E-state index contributed by atoms with van der Waals surface area (Å²) >= 11 is 0. The number of halogens is 3. The van der Waals surface area contributed by atoms with E-state index in [1.165, 1.54) is 11.0 Å². The first-order chi connectivity index (χ1) is 19.1. The summed E-state index contributed by atoms with van der Waals surface area (Å²) in [5, 5.41) is 8.45. The molecule has 3 aliphatic rings. The molecule has 2 aromatic carbocycles. The first-order valence-electron chi connectivity index (χ1n) is 14.0. The molecule has 0 spiro atoms. The molecule has 2 aliphatic heterocycles. The number of hydrogen-bond donors (Lipinski definition) is 0. The number of anilines is 1. The van der Waals surface area contributed by atoms with Crippen molar-refractivity contribution in [2.24, 2.45) is 13.0 Å². The van der Waals surface area contributed by atoms with Gasteiger partial charge >= 0.3 is 6.18 Å². The Labute approximate surface area is 231 Å². The fraction of sp³-hybridized carbons (Fsp3) is 0.500. The summed E-state index contributed by atoms with van der Waals surface area (Å²) in [4.78, 5) is 17.3. The van der Waals surface area contributed by atoms with E-state index in [1.54, 1.807) is 18.5 Å². The van der Waals surface area contributed by atoms with Crippen LogP contribution >= 0.6 is 0 Å². The van der Waals surface area contributed by atoms with Crippen molar-refractivity contribution in [3.8, 4) is 0 Å². The van der Waals surface area contributed by atoms with Crippen molar-refractivity contribution in [1.29, 1.82) is 0 Å². The number of amides is 1. The zero-order valence-corrected chi connectivity index (χ0v) is 23.0. The van der Waals surface area contributed by atoms with Gasteiger partial charge in [0.2, 0.25) is 0 Å². The van der Waals surface area contributed by atoms with Crippen molar-refractivity contribution in [2.75, 3.05) is 24.6 Å². The van der Waals surface area contributed by atoms with E-state index in [0.29, 0.717) is 36.9 Å². The van der Waals surface area contributed by atoms with E-state index < -0.39 is 17.6 Å². The van der Waals surface area contributed by atoms with Crippen molar-refractivity contribution >= 4 is 11.6 Å². The standard InChI is InChI=1S/C30H34F3N5O2/c1-18-15-37(10-11-40-18)19(2)22-13-24-25(26(14-22)30(31,32)33)16-38(29(24)39)23-9-5-8-21(12-23)27(20-6-4-7-20)28-35-34-17-36(28)3/h5,8-9,12-14,17-20,27H,4,6-7,10-11,15-16H2,1-3H3/t18-,19?,27?/m1/s1. The normalized spacial score (nSPS) is 21.8. The fourth-order valence-electron chi connectivity index (χ4n) is 6.41. The molecular formula is C30H34F3N5O2. The molecule has 1 aliphatic carbocycles. The largest absolute Gasteiger partial charge is 0.416 e. The van der Waals surface area contributed by atoms with Gasteiger partial charge in [-0.1, -0.05) is 18.6 Å². The van der Waals surface area contributed by atoms with Crippen LogP contribution in [0.3, 0.4) is 0 Å². The Morgan fingerprint density at radius 2 is 1.93 bits per heavy atom. The lowest BCUT2D eigenvalue weighted by Crippen LogP contribution is -2.42. The third kappa shape index (κ3) is 4.81. The topological polar surface area (TPSA) is 63.5 Å². The summed E-state index contributed by atoms with van der Waals surface area (Å²) in [5.41, 5.74) is 1.53. The summed E-state index contributed by atoms with van der Waals surface area (Å²) in [5.74, 6) is 0.873. The van der Waals surface area contributed by atoms with Crippen LogP contribution in [0, 0.1) is 5.92 Å². The van der Waals surface area contributed by atoms with Crippen molar-refractivity contribution in [3.05, 3.63) is 76.4 Å². The van der Waals surface area contributed by atoms with Crippen LogP contribution in [-0.4, -0.2) is 51.4 Å². The van der Waals surface area contributed by atoms with Gasteiger partial charge in [-0.25, -0.2) is 0 Å². The number of aryl methyl sites for hydroxylation is 1. The molecule has 6 rings (SSSR count). The number of alkyl halides is 3. The van der Waals surface area contributed by atoms with E-state index in [-0.39, 0.29) is 35.7 Å². The third-order valence-corrected chi connectivity index (χ3v) is 8.86. The molecule has 0 N–H and O–H groups in total. The highest BCUT2D eigenvalue weighted by Crippen LogP contribution is 2.45. The Balaban J connectivity index is 1.35. The molecule has 212 valence electrons. The summed E-state index contributed by atoms with van der Waals surface area (Å²) in [7, 11) is 1.92. The van der Waals surface area contributed by atoms with E-state index in [2.05, 4.69) is 15.1 Å². The van der Waals surface area contributed by atoms with E-state index in [9.17, 15) is 18.0 Å². The maximum absolute atomic E-state index is 14.4. The number of nitrogens with zero attached hydrogens (tertiary/aromatic N) is 5. The SMILES string of the molecule is CC(c1cc2c(c(C(F)(F)F)c1)CN(c1cccc(C(c3nncn3C)C3CCC3)c1)C2=O)N1CCO[C@H](C)C1. The number of aromatic nitrogens is 3. The second-order valence-electron chi connectivity index (χ2n) is 11.4. The fourth-order valence-corrected chi connectivity index (χ4v) is 6.41. The van der Waals surface area contributed by atoms with Gasteiger partial charge in [-0.3, -0.25) is 9.69 Å². The van der Waals surface area contributed by atoms with E-state index >= 15 is 0 Å².